The second-order valence-electron chi connectivity index (χ2n) is 5.25. The van der Waals surface area contributed by atoms with Crippen molar-refractivity contribution in [3.63, 3.8) is 0 Å². The van der Waals surface area contributed by atoms with Crippen molar-refractivity contribution < 1.29 is 5.11 Å². The molecule has 0 saturated heterocycles. The summed E-state index contributed by atoms with van der Waals surface area (Å²) in [4.78, 5) is 0. The molecule has 0 fully saturated rings. The van der Waals surface area contributed by atoms with Gasteiger partial charge in [-0.15, -0.1) is 0 Å². The first kappa shape index (κ1) is 13.8. The van der Waals surface area contributed by atoms with Gasteiger partial charge in [0.15, 0.2) is 0 Å². The van der Waals surface area contributed by atoms with Gasteiger partial charge in [0.25, 0.3) is 0 Å². The van der Waals surface area contributed by atoms with E-state index in [2.05, 4.69) is 26.0 Å². The first-order valence-electron chi connectivity index (χ1n) is 6.98. The molecule has 0 amide bonds. The molecule has 0 aliphatic carbocycles. The summed E-state index contributed by atoms with van der Waals surface area (Å²) in [5, 5.41) is 11.1. The molecule has 0 heterocycles. The van der Waals surface area contributed by atoms with Crippen molar-refractivity contribution in [2.24, 2.45) is 0 Å². The zero-order valence-corrected chi connectivity index (χ0v) is 11.8. The minimum absolute atomic E-state index is 0.678. The van der Waals surface area contributed by atoms with Crippen LogP contribution in [-0.4, -0.2) is 5.11 Å². The Morgan fingerprint density at radius 1 is 0.947 bits per heavy atom. The molecule has 100 valence electrons. The highest BCUT2D eigenvalue weighted by Gasteiger charge is 2.28. The standard InChI is InChI=1S/C18H22O/c1-3-13-18(19,17-11-5-4-6-12-17)14-16-10-8-7-9-15(16)2/h4-12,19H,3,13-14H2,1-2H3. The first-order valence-corrected chi connectivity index (χ1v) is 6.98. The van der Waals surface area contributed by atoms with Crippen molar-refractivity contribution in [1.82, 2.24) is 0 Å². The van der Waals surface area contributed by atoms with Gasteiger partial charge in [0.05, 0.1) is 5.60 Å². The highest BCUT2D eigenvalue weighted by molar-refractivity contribution is 5.31. The molecule has 1 heteroatoms. The van der Waals surface area contributed by atoms with Gasteiger partial charge in [-0.1, -0.05) is 67.9 Å². The normalized spacial score (nSPS) is 14.1. The number of benzene rings is 2. The lowest BCUT2D eigenvalue weighted by molar-refractivity contribution is 0.0267. The Morgan fingerprint density at radius 3 is 2.21 bits per heavy atom. The van der Waals surface area contributed by atoms with Crippen LogP contribution in [0.1, 0.15) is 36.5 Å². The predicted octanol–water partition coefficient (Wildman–Crippen LogP) is 4.23. The Bertz CT molecular complexity index is 518. The summed E-state index contributed by atoms with van der Waals surface area (Å²) in [5.41, 5.74) is 2.72. The van der Waals surface area contributed by atoms with Crippen molar-refractivity contribution in [3.05, 3.63) is 71.3 Å². The van der Waals surface area contributed by atoms with Crippen molar-refractivity contribution in [3.8, 4) is 0 Å². The molecule has 0 aliphatic rings. The average Bonchev–Trinajstić information content (AvgIpc) is 2.43. The second-order valence-corrected chi connectivity index (χ2v) is 5.25. The van der Waals surface area contributed by atoms with E-state index in [1.54, 1.807) is 0 Å². The highest BCUT2D eigenvalue weighted by atomic mass is 16.3. The lowest BCUT2D eigenvalue weighted by Crippen LogP contribution is -2.28. The Morgan fingerprint density at radius 2 is 1.58 bits per heavy atom. The fourth-order valence-electron chi connectivity index (χ4n) is 2.62. The molecule has 1 unspecified atom stereocenters. The van der Waals surface area contributed by atoms with Crippen LogP contribution in [0, 0.1) is 6.92 Å². The van der Waals surface area contributed by atoms with Gasteiger partial charge in [-0.3, -0.25) is 0 Å². The van der Waals surface area contributed by atoms with Gasteiger partial charge >= 0.3 is 0 Å². The smallest absolute Gasteiger partial charge is 0.0936 e. The molecule has 0 spiro atoms. The molecular formula is C18H22O. The van der Waals surface area contributed by atoms with Crippen LogP contribution >= 0.6 is 0 Å². The molecular weight excluding hydrogens is 232 g/mol. The molecule has 2 aromatic carbocycles. The molecule has 1 N–H and O–H groups in total. The van der Waals surface area contributed by atoms with E-state index < -0.39 is 5.60 Å². The van der Waals surface area contributed by atoms with Crippen LogP contribution in [0.5, 0.6) is 0 Å². The van der Waals surface area contributed by atoms with E-state index in [1.165, 1.54) is 11.1 Å². The summed E-state index contributed by atoms with van der Waals surface area (Å²) < 4.78 is 0. The second kappa shape index (κ2) is 6.03. The van der Waals surface area contributed by atoms with E-state index >= 15 is 0 Å². The Hall–Kier alpha value is -1.60. The fraction of sp³-hybridized carbons (Fsp3) is 0.333. The Kier molecular flexibility index (Phi) is 4.39. The van der Waals surface area contributed by atoms with Crippen LogP contribution < -0.4 is 0 Å². The summed E-state index contributed by atoms with van der Waals surface area (Å²) in [6.07, 6.45) is 2.43. The number of rotatable bonds is 5. The van der Waals surface area contributed by atoms with Crippen LogP contribution in [-0.2, 0) is 12.0 Å². The van der Waals surface area contributed by atoms with Crippen LogP contribution in [0.15, 0.2) is 54.6 Å². The Labute approximate surface area is 115 Å². The largest absolute Gasteiger partial charge is 0.385 e. The van der Waals surface area contributed by atoms with Gasteiger partial charge in [0.1, 0.15) is 0 Å². The maximum absolute atomic E-state index is 11.1. The highest BCUT2D eigenvalue weighted by Crippen LogP contribution is 2.31. The van der Waals surface area contributed by atoms with E-state index in [9.17, 15) is 5.11 Å². The summed E-state index contributed by atoms with van der Waals surface area (Å²) >= 11 is 0. The van der Waals surface area contributed by atoms with Crippen LogP contribution in [0.4, 0.5) is 0 Å². The van der Waals surface area contributed by atoms with Gasteiger partial charge < -0.3 is 5.11 Å². The lowest BCUT2D eigenvalue weighted by atomic mass is 9.83. The van der Waals surface area contributed by atoms with Crippen LogP contribution in [0.3, 0.4) is 0 Å². The molecule has 1 atom stereocenters. The van der Waals surface area contributed by atoms with Crippen molar-refractivity contribution >= 4 is 0 Å². The Balaban J connectivity index is 2.33. The van der Waals surface area contributed by atoms with E-state index in [0.29, 0.717) is 6.42 Å². The SMILES string of the molecule is CCCC(O)(Cc1ccccc1C)c1ccccc1. The number of hydrogen-bond donors (Lipinski definition) is 1. The molecule has 2 aromatic rings. The third-order valence-electron chi connectivity index (χ3n) is 3.72. The quantitative estimate of drug-likeness (QED) is 0.846. The molecule has 0 aliphatic heterocycles. The van der Waals surface area contributed by atoms with Gasteiger partial charge in [0, 0.05) is 6.42 Å². The maximum atomic E-state index is 11.1. The maximum Gasteiger partial charge on any atom is 0.0936 e. The minimum atomic E-state index is -0.762. The van der Waals surface area contributed by atoms with Crippen LogP contribution in [0.2, 0.25) is 0 Å². The van der Waals surface area contributed by atoms with E-state index in [1.807, 2.05) is 42.5 Å². The molecule has 0 bridgehead atoms. The van der Waals surface area contributed by atoms with Gasteiger partial charge in [-0.05, 0) is 30.0 Å². The van der Waals surface area contributed by atoms with Crippen LogP contribution in [0.25, 0.3) is 0 Å². The molecule has 1 nitrogen and oxygen atoms in total. The number of aliphatic hydroxyl groups is 1. The zero-order chi connectivity index (χ0) is 13.7. The van der Waals surface area contributed by atoms with Crippen molar-refractivity contribution in [2.45, 2.75) is 38.7 Å². The fourth-order valence-corrected chi connectivity index (χ4v) is 2.62. The molecule has 0 saturated carbocycles. The van der Waals surface area contributed by atoms with Crippen molar-refractivity contribution in [2.75, 3.05) is 0 Å². The topological polar surface area (TPSA) is 20.2 Å². The van der Waals surface area contributed by atoms with E-state index in [0.717, 1.165) is 18.4 Å². The lowest BCUT2D eigenvalue weighted by Gasteiger charge is -2.29. The summed E-state index contributed by atoms with van der Waals surface area (Å²) in [6, 6.07) is 18.3. The van der Waals surface area contributed by atoms with Gasteiger partial charge in [-0.2, -0.15) is 0 Å². The predicted molar refractivity (Wildman–Crippen MR) is 80.1 cm³/mol. The third-order valence-corrected chi connectivity index (χ3v) is 3.72. The molecule has 0 aromatic heterocycles. The van der Waals surface area contributed by atoms with Crippen molar-refractivity contribution in [1.29, 1.82) is 0 Å². The molecule has 0 radical (unpaired) electrons. The minimum Gasteiger partial charge on any atom is -0.385 e. The summed E-state index contributed by atoms with van der Waals surface area (Å²) in [7, 11) is 0. The monoisotopic (exact) mass is 254 g/mol. The van der Waals surface area contributed by atoms with E-state index in [4.69, 9.17) is 0 Å². The number of hydrogen-bond acceptors (Lipinski definition) is 1. The van der Waals surface area contributed by atoms with E-state index in [-0.39, 0.29) is 0 Å². The molecule has 2 rings (SSSR count). The third kappa shape index (κ3) is 3.24. The zero-order valence-electron chi connectivity index (χ0n) is 11.8. The molecule has 19 heavy (non-hydrogen) atoms. The van der Waals surface area contributed by atoms with Gasteiger partial charge in [-0.25, -0.2) is 0 Å². The average molecular weight is 254 g/mol. The van der Waals surface area contributed by atoms with Gasteiger partial charge in [0.2, 0.25) is 0 Å². The summed E-state index contributed by atoms with van der Waals surface area (Å²) in [5.74, 6) is 0. The summed E-state index contributed by atoms with van der Waals surface area (Å²) in [6.45, 7) is 4.22. The first-order chi connectivity index (χ1) is 9.15. The number of aryl methyl sites for hydroxylation is 1.